The molecule has 0 heterocycles. The molecule has 0 amide bonds. The van der Waals surface area contributed by atoms with Crippen molar-refractivity contribution in [3.8, 4) is 34.1 Å². The Morgan fingerprint density at radius 1 is 0.583 bits per heavy atom. The molecular formula is C16H16N4O4. The van der Waals surface area contributed by atoms with Crippen LogP contribution in [0.3, 0.4) is 0 Å². The number of hydrogen-bond acceptors (Lipinski definition) is 8. The summed E-state index contributed by atoms with van der Waals surface area (Å²) in [5.74, 6) is 23.1. The van der Waals surface area contributed by atoms with Gasteiger partial charge in [0.15, 0.2) is 17.2 Å². The Labute approximate surface area is 137 Å². The summed E-state index contributed by atoms with van der Waals surface area (Å²) in [4.78, 5) is 19.7. The largest absolute Gasteiger partial charge is 0.412 e. The van der Waals surface area contributed by atoms with Gasteiger partial charge in [-0.1, -0.05) is 12.1 Å². The van der Waals surface area contributed by atoms with Crippen LogP contribution in [0.5, 0.6) is 23.0 Å². The van der Waals surface area contributed by atoms with E-state index in [2.05, 4.69) is 0 Å². The molecule has 3 rings (SSSR count). The summed E-state index contributed by atoms with van der Waals surface area (Å²) in [6.45, 7) is 0. The Hall–Kier alpha value is -3.04. The van der Waals surface area contributed by atoms with Gasteiger partial charge in [-0.05, 0) is 42.0 Å². The molecule has 0 saturated heterocycles. The van der Waals surface area contributed by atoms with E-state index < -0.39 is 0 Å². The normalized spacial score (nSPS) is 10.5. The van der Waals surface area contributed by atoms with Crippen molar-refractivity contribution in [1.29, 1.82) is 0 Å². The fourth-order valence-electron chi connectivity index (χ4n) is 2.67. The number of nitrogens with two attached hydrogens (primary N) is 4. The predicted molar refractivity (Wildman–Crippen MR) is 88.6 cm³/mol. The summed E-state index contributed by atoms with van der Waals surface area (Å²) in [5, 5.41) is 1.38. The van der Waals surface area contributed by atoms with Gasteiger partial charge in [0.2, 0.25) is 0 Å². The highest BCUT2D eigenvalue weighted by Crippen LogP contribution is 2.43. The SMILES string of the molecule is NOc1ccc(ON)c(-c2ccc(ON)c3cccc(ON)c23)c1. The number of hydrogen-bond donors (Lipinski definition) is 4. The lowest BCUT2D eigenvalue weighted by molar-refractivity contribution is 0.326. The summed E-state index contributed by atoms with van der Waals surface area (Å²) < 4.78 is 0. The molecule has 0 aliphatic rings. The molecule has 0 radical (unpaired) electrons. The van der Waals surface area contributed by atoms with Crippen LogP contribution in [0.4, 0.5) is 0 Å². The maximum atomic E-state index is 5.41. The maximum absolute atomic E-state index is 5.41. The fourth-order valence-corrected chi connectivity index (χ4v) is 2.67. The van der Waals surface area contributed by atoms with Gasteiger partial charge in [-0.25, -0.2) is 0 Å². The molecule has 0 aliphatic carbocycles. The molecule has 0 atom stereocenters. The standard InChI is InChI=1S/C16H16N4O4/c17-21-9-4-6-14(23-19)12(8-9)10-5-7-13(22-18)11-2-1-3-15(24-20)16(10)11/h1-8H,17-20H2. The first-order valence-electron chi connectivity index (χ1n) is 6.90. The summed E-state index contributed by atoms with van der Waals surface area (Å²) >= 11 is 0. The van der Waals surface area contributed by atoms with E-state index in [0.717, 1.165) is 5.56 Å². The highest BCUT2D eigenvalue weighted by Gasteiger charge is 2.17. The minimum absolute atomic E-state index is 0.422. The maximum Gasteiger partial charge on any atom is 0.155 e. The van der Waals surface area contributed by atoms with Gasteiger partial charge >= 0.3 is 0 Å². The number of benzene rings is 3. The molecule has 0 fully saturated rings. The Balaban J connectivity index is 2.39. The molecule has 8 nitrogen and oxygen atoms in total. The molecule has 0 aromatic heterocycles. The van der Waals surface area contributed by atoms with Crippen molar-refractivity contribution in [2.24, 2.45) is 23.6 Å². The lowest BCUT2D eigenvalue weighted by Crippen LogP contribution is -2.07. The fraction of sp³-hybridized carbons (Fsp3) is 0. The zero-order chi connectivity index (χ0) is 17.1. The van der Waals surface area contributed by atoms with E-state index >= 15 is 0 Å². The van der Waals surface area contributed by atoms with E-state index in [0.29, 0.717) is 39.3 Å². The van der Waals surface area contributed by atoms with Crippen LogP contribution in [0.15, 0.2) is 48.5 Å². The van der Waals surface area contributed by atoms with Gasteiger partial charge in [-0.2, -0.15) is 23.6 Å². The second kappa shape index (κ2) is 6.60. The smallest absolute Gasteiger partial charge is 0.155 e. The van der Waals surface area contributed by atoms with E-state index in [1.807, 2.05) is 6.07 Å². The third-order valence-electron chi connectivity index (χ3n) is 3.72. The van der Waals surface area contributed by atoms with Crippen molar-refractivity contribution < 1.29 is 19.4 Å². The molecule has 124 valence electrons. The van der Waals surface area contributed by atoms with Crippen LogP contribution in [0.2, 0.25) is 0 Å². The Morgan fingerprint density at radius 2 is 1.29 bits per heavy atom. The van der Waals surface area contributed by atoms with Gasteiger partial charge < -0.3 is 19.4 Å². The molecule has 8 N–H and O–H groups in total. The first kappa shape index (κ1) is 15.8. The van der Waals surface area contributed by atoms with Gasteiger partial charge in [0.25, 0.3) is 0 Å². The summed E-state index contributed by atoms with van der Waals surface area (Å²) in [6, 6.07) is 13.8. The van der Waals surface area contributed by atoms with Crippen LogP contribution in [0.25, 0.3) is 21.9 Å². The predicted octanol–water partition coefficient (Wildman–Crippen LogP) is 1.52. The van der Waals surface area contributed by atoms with Crippen molar-refractivity contribution in [3.05, 3.63) is 48.5 Å². The molecule has 3 aromatic carbocycles. The monoisotopic (exact) mass is 328 g/mol. The topological polar surface area (TPSA) is 141 Å². The van der Waals surface area contributed by atoms with Gasteiger partial charge in [0.05, 0.1) is 0 Å². The zero-order valence-electron chi connectivity index (χ0n) is 12.6. The van der Waals surface area contributed by atoms with Crippen molar-refractivity contribution >= 4 is 10.8 Å². The van der Waals surface area contributed by atoms with Crippen molar-refractivity contribution in [3.63, 3.8) is 0 Å². The van der Waals surface area contributed by atoms with Crippen LogP contribution >= 0.6 is 0 Å². The van der Waals surface area contributed by atoms with Crippen LogP contribution in [0.1, 0.15) is 0 Å². The average Bonchev–Trinajstić information content (AvgIpc) is 2.65. The van der Waals surface area contributed by atoms with E-state index in [1.54, 1.807) is 42.5 Å². The highest BCUT2D eigenvalue weighted by molar-refractivity contribution is 6.05. The van der Waals surface area contributed by atoms with Gasteiger partial charge in [0, 0.05) is 16.3 Å². The molecule has 0 bridgehead atoms. The van der Waals surface area contributed by atoms with E-state index in [-0.39, 0.29) is 0 Å². The Kier molecular flexibility index (Phi) is 4.36. The number of fused-ring (bicyclic) bond motifs is 1. The molecule has 24 heavy (non-hydrogen) atoms. The van der Waals surface area contributed by atoms with Crippen molar-refractivity contribution in [2.45, 2.75) is 0 Å². The minimum Gasteiger partial charge on any atom is -0.412 e. The highest BCUT2D eigenvalue weighted by atomic mass is 16.6. The molecule has 0 saturated carbocycles. The molecule has 0 aliphatic heterocycles. The van der Waals surface area contributed by atoms with Gasteiger partial charge in [-0.15, -0.1) is 0 Å². The third kappa shape index (κ3) is 2.55. The first-order valence-corrected chi connectivity index (χ1v) is 6.90. The second-order valence-electron chi connectivity index (χ2n) is 4.92. The van der Waals surface area contributed by atoms with E-state index in [4.69, 9.17) is 42.9 Å². The second-order valence-corrected chi connectivity index (χ2v) is 4.92. The lowest BCUT2D eigenvalue weighted by atomic mass is 9.96. The number of rotatable bonds is 5. The quantitative estimate of drug-likeness (QED) is 0.516. The first-order chi connectivity index (χ1) is 11.7. The van der Waals surface area contributed by atoms with Gasteiger partial charge in [-0.3, -0.25) is 0 Å². The van der Waals surface area contributed by atoms with E-state index in [1.165, 1.54) is 0 Å². The van der Waals surface area contributed by atoms with Gasteiger partial charge in [0.1, 0.15) is 5.75 Å². The molecular weight excluding hydrogens is 312 g/mol. The van der Waals surface area contributed by atoms with Crippen LogP contribution < -0.4 is 42.9 Å². The summed E-state index contributed by atoms with van der Waals surface area (Å²) in [5.41, 5.74) is 1.37. The minimum atomic E-state index is 0.422. The Morgan fingerprint density at radius 3 is 1.96 bits per heavy atom. The van der Waals surface area contributed by atoms with Crippen LogP contribution in [-0.4, -0.2) is 0 Å². The molecule has 3 aromatic rings. The van der Waals surface area contributed by atoms with Crippen LogP contribution in [-0.2, 0) is 0 Å². The summed E-state index contributed by atoms with van der Waals surface area (Å²) in [7, 11) is 0. The lowest BCUT2D eigenvalue weighted by Gasteiger charge is -2.15. The van der Waals surface area contributed by atoms with Crippen molar-refractivity contribution in [2.75, 3.05) is 0 Å². The van der Waals surface area contributed by atoms with Crippen LogP contribution in [0, 0.1) is 0 Å². The zero-order valence-corrected chi connectivity index (χ0v) is 12.6. The Bertz CT molecular complexity index is 885. The van der Waals surface area contributed by atoms with E-state index in [9.17, 15) is 0 Å². The summed E-state index contributed by atoms with van der Waals surface area (Å²) in [6.07, 6.45) is 0. The molecule has 0 spiro atoms. The van der Waals surface area contributed by atoms with Crippen molar-refractivity contribution in [1.82, 2.24) is 0 Å². The molecule has 0 unspecified atom stereocenters. The average molecular weight is 328 g/mol. The third-order valence-corrected chi connectivity index (χ3v) is 3.72. The molecule has 8 heteroatoms.